The lowest BCUT2D eigenvalue weighted by Crippen LogP contribution is -2.57. The lowest BCUT2D eigenvalue weighted by molar-refractivity contribution is -0.141. The van der Waals surface area contributed by atoms with E-state index in [1.807, 2.05) is 13.8 Å². The zero-order valence-corrected chi connectivity index (χ0v) is 29.5. The van der Waals surface area contributed by atoms with Crippen LogP contribution in [-0.2, 0) is 30.3 Å². The molecule has 16 heteroatoms. The van der Waals surface area contributed by atoms with E-state index in [0.29, 0.717) is 0 Å². The number of likely N-dealkylation sites (tertiary alicyclic amines) is 1. The minimum Gasteiger partial charge on any atom is -0.479 e. The molecule has 0 aromatic heterocycles. The van der Waals surface area contributed by atoms with Crippen molar-refractivity contribution in [1.82, 2.24) is 20.9 Å². The number of nitrogens with one attached hydrogen (secondary N) is 3. The number of carboxylic acids is 1. The molecule has 1 aliphatic carbocycles. The molecule has 12 nitrogen and oxygen atoms in total. The van der Waals surface area contributed by atoms with Crippen LogP contribution in [0.5, 0.6) is 5.75 Å². The van der Waals surface area contributed by atoms with Gasteiger partial charge in [0.15, 0.2) is 18.2 Å². The van der Waals surface area contributed by atoms with Crippen LogP contribution in [0.1, 0.15) is 78.2 Å². The summed E-state index contributed by atoms with van der Waals surface area (Å²) in [6, 6.07) is -2.12. The van der Waals surface area contributed by atoms with Crippen LogP contribution >= 0.6 is 0 Å². The van der Waals surface area contributed by atoms with Crippen molar-refractivity contribution in [2.75, 3.05) is 26.3 Å². The van der Waals surface area contributed by atoms with E-state index >= 15 is 0 Å². The van der Waals surface area contributed by atoms with Gasteiger partial charge in [0, 0.05) is 25.1 Å². The Hall–Kier alpha value is -4.11. The Labute approximate surface area is 295 Å². The highest BCUT2D eigenvalue weighted by atomic mass is 19.3. The van der Waals surface area contributed by atoms with Gasteiger partial charge in [-0.15, -0.1) is 0 Å². The van der Waals surface area contributed by atoms with Crippen LogP contribution < -0.4 is 20.7 Å². The number of hydrogen-bond acceptors (Lipinski definition) is 7. The molecule has 1 aliphatic heterocycles. The van der Waals surface area contributed by atoms with Gasteiger partial charge in [-0.1, -0.05) is 59.8 Å². The molecule has 0 spiro atoms. The van der Waals surface area contributed by atoms with Crippen molar-refractivity contribution in [3.8, 4) is 5.75 Å². The fourth-order valence-electron chi connectivity index (χ4n) is 6.58. The van der Waals surface area contributed by atoms with E-state index < -0.39 is 109 Å². The molecule has 1 saturated heterocycles. The van der Waals surface area contributed by atoms with Crippen molar-refractivity contribution in [3.05, 3.63) is 29.3 Å². The first-order chi connectivity index (χ1) is 24.1. The van der Waals surface area contributed by atoms with Gasteiger partial charge >= 0.3 is 12.1 Å². The molecular weight excluding hydrogens is 680 g/mol. The number of alkyl halides is 2. The topological polar surface area (TPSA) is 163 Å². The van der Waals surface area contributed by atoms with E-state index in [1.54, 1.807) is 13.8 Å². The summed E-state index contributed by atoms with van der Waals surface area (Å²) in [5.74, 6) is -6.60. The summed E-state index contributed by atoms with van der Waals surface area (Å²) >= 11 is 0. The summed E-state index contributed by atoms with van der Waals surface area (Å²) in [5.41, 5.74) is -0.525. The molecule has 2 aliphatic rings. The number of carbonyl (C=O) groups is 5. The predicted octanol–water partition coefficient (Wildman–Crippen LogP) is 4.43. The van der Waals surface area contributed by atoms with Crippen LogP contribution in [-0.4, -0.2) is 90.6 Å². The molecule has 1 aromatic rings. The molecular formula is C35H50F4N4O8. The smallest absolute Gasteiger partial charge is 0.407 e. The highest BCUT2D eigenvalue weighted by molar-refractivity contribution is 5.94. The van der Waals surface area contributed by atoms with E-state index in [0.717, 1.165) is 44.2 Å². The number of amides is 4. The second-order valence-electron chi connectivity index (χ2n) is 14.0. The summed E-state index contributed by atoms with van der Waals surface area (Å²) in [6.07, 6.45) is -0.130. The average molecular weight is 731 g/mol. The third-order valence-corrected chi connectivity index (χ3v) is 9.21. The van der Waals surface area contributed by atoms with Crippen molar-refractivity contribution >= 4 is 29.8 Å². The number of halogens is 4. The summed E-state index contributed by atoms with van der Waals surface area (Å²) in [4.78, 5) is 65.6. The van der Waals surface area contributed by atoms with Gasteiger partial charge < -0.3 is 35.4 Å². The van der Waals surface area contributed by atoms with Crippen LogP contribution in [0.15, 0.2) is 12.1 Å². The van der Waals surface area contributed by atoms with Gasteiger partial charge in [0.2, 0.25) is 24.1 Å². The first kappa shape index (κ1) is 41.3. The number of hydrogen-bond donors (Lipinski definition) is 4. The van der Waals surface area contributed by atoms with E-state index in [2.05, 4.69) is 16.0 Å². The van der Waals surface area contributed by atoms with E-state index in [4.69, 9.17) is 14.6 Å². The summed E-state index contributed by atoms with van der Waals surface area (Å²) in [6.45, 7) is 6.23. The third kappa shape index (κ3) is 12.3. The zero-order chi connectivity index (χ0) is 37.8. The summed E-state index contributed by atoms with van der Waals surface area (Å²) in [7, 11) is 0. The molecule has 1 heterocycles. The standard InChI is InChI=1S/C35H50F4N4O8/c1-19(2)17-51-35(49)42-31(20(3)4)34(48)43-16-22(21-8-6-5-7-9-21)14-26(43)33(47)41-25(15-28(37)38)32(46)40-13-12-23-24(36)10-11-27(30(23)39)50-18-29(44)45/h10-11,19-22,25-26,28,31H,5-9,12-18H2,1-4H3,(H,40,46)(H,41,47)(H,42,49)(H,44,45)/t22-,25+,26+,31+/m1/s1. The number of rotatable bonds is 17. The van der Waals surface area contributed by atoms with E-state index in [-0.39, 0.29) is 37.3 Å². The lowest BCUT2D eigenvalue weighted by Gasteiger charge is -2.31. The maximum absolute atomic E-state index is 14.8. The van der Waals surface area contributed by atoms with E-state index in [9.17, 15) is 41.5 Å². The normalized spacial score (nSPS) is 19.2. The molecule has 0 radical (unpaired) electrons. The number of nitrogens with zero attached hydrogens (tertiary/aromatic N) is 1. The molecule has 2 fully saturated rings. The molecule has 286 valence electrons. The SMILES string of the molecule is CC(C)COC(=O)N[C@H](C(=O)N1C[C@H](C2CCCCC2)C[C@H]1C(=O)N[C@@H](CC(F)F)C(=O)NCCc1c(F)ccc(OCC(=O)O)c1F)C(C)C. The zero-order valence-electron chi connectivity index (χ0n) is 29.5. The Kier molecular flexibility index (Phi) is 15.8. The first-order valence-electron chi connectivity index (χ1n) is 17.5. The monoisotopic (exact) mass is 730 g/mol. The van der Waals surface area contributed by atoms with Gasteiger partial charge in [0.25, 0.3) is 0 Å². The second kappa shape index (κ2) is 19.5. The highest BCUT2D eigenvalue weighted by Crippen LogP contribution is 2.38. The Morgan fingerprint density at radius 3 is 2.27 bits per heavy atom. The largest absolute Gasteiger partial charge is 0.479 e. The van der Waals surface area contributed by atoms with Crippen molar-refractivity contribution in [2.24, 2.45) is 23.7 Å². The number of benzene rings is 1. The quantitative estimate of drug-likeness (QED) is 0.171. The van der Waals surface area contributed by atoms with Crippen molar-refractivity contribution < 1.29 is 56.1 Å². The average Bonchev–Trinajstić information content (AvgIpc) is 3.52. The Morgan fingerprint density at radius 2 is 1.67 bits per heavy atom. The Balaban J connectivity index is 1.76. The van der Waals surface area contributed by atoms with Crippen LogP contribution in [0.3, 0.4) is 0 Å². The fourth-order valence-corrected chi connectivity index (χ4v) is 6.58. The van der Waals surface area contributed by atoms with E-state index in [1.165, 1.54) is 4.90 Å². The van der Waals surface area contributed by atoms with Crippen molar-refractivity contribution in [2.45, 2.75) is 104 Å². The van der Waals surface area contributed by atoms with Crippen molar-refractivity contribution in [1.29, 1.82) is 0 Å². The molecule has 4 amide bonds. The minimum absolute atomic E-state index is 0.0591. The third-order valence-electron chi connectivity index (χ3n) is 9.21. The van der Waals surface area contributed by atoms with Gasteiger partial charge in [-0.3, -0.25) is 14.4 Å². The lowest BCUT2D eigenvalue weighted by atomic mass is 9.79. The number of carboxylic acid groups (broad SMARTS) is 1. The summed E-state index contributed by atoms with van der Waals surface area (Å²) in [5, 5.41) is 16.1. The van der Waals surface area contributed by atoms with Gasteiger partial charge in [-0.25, -0.2) is 27.2 Å². The molecule has 1 saturated carbocycles. The molecule has 3 rings (SSSR count). The Bertz CT molecular complexity index is 1380. The minimum atomic E-state index is -3.01. The molecule has 0 unspecified atom stereocenters. The maximum Gasteiger partial charge on any atom is 0.407 e. The molecule has 4 atom stereocenters. The van der Waals surface area contributed by atoms with Crippen LogP contribution in [0.4, 0.5) is 22.4 Å². The van der Waals surface area contributed by atoms with Crippen LogP contribution in [0.25, 0.3) is 0 Å². The number of carbonyl (C=O) groups excluding carboxylic acids is 4. The maximum atomic E-state index is 14.8. The molecule has 4 N–H and O–H groups in total. The molecule has 0 bridgehead atoms. The van der Waals surface area contributed by atoms with Crippen LogP contribution in [0, 0.1) is 35.3 Å². The van der Waals surface area contributed by atoms with Gasteiger partial charge in [-0.2, -0.15) is 0 Å². The first-order valence-corrected chi connectivity index (χ1v) is 17.5. The number of aliphatic carboxylic acids is 1. The Morgan fingerprint density at radius 1 is 0.980 bits per heavy atom. The van der Waals surface area contributed by atoms with Gasteiger partial charge in [-0.05, 0) is 48.6 Å². The van der Waals surface area contributed by atoms with Crippen molar-refractivity contribution in [3.63, 3.8) is 0 Å². The van der Waals surface area contributed by atoms with Gasteiger partial charge in [0.05, 0.1) is 6.61 Å². The molecule has 51 heavy (non-hydrogen) atoms. The fraction of sp³-hybridized carbons (Fsp3) is 0.686. The number of ether oxygens (including phenoxy) is 2. The predicted molar refractivity (Wildman–Crippen MR) is 177 cm³/mol. The van der Waals surface area contributed by atoms with Crippen LogP contribution in [0.2, 0.25) is 0 Å². The van der Waals surface area contributed by atoms with Gasteiger partial charge in [0.1, 0.15) is 23.9 Å². The number of alkyl carbamates (subject to hydrolysis) is 1. The molecule has 1 aromatic carbocycles. The second-order valence-corrected chi connectivity index (χ2v) is 14.0. The highest BCUT2D eigenvalue weighted by Gasteiger charge is 2.45. The summed E-state index contributed by atoms with van der Waals surface area (Å²) < 4.78 is 66.6.